The third-order valence-corrected chi connectivity index (χ3v) is 8.83. The molecule has 0 aromatic heterocycles. The van der Waals surface area contributed by atoms with Crippen LogP contribution in [0, 0.1) is 0 Å². The molecule has 1 aliphatic heterocycles. The van der Waals surface area contributed by atoms with Gasteiger partial charge in [-0.05, 0) is 12.5 Å². The van der Waals surface area contributed by atoms with Crippen LogP contribution >= 0.6 is 0 Å². The quantitative estimate of drug-likeness (QED) is 0.157. The number of phenolic OH excluding ortho intramolecular Hbond substituents is 3. The molecule has 262 valence electrons. The maximum atomic E-state index is 13.8. The first-order valence-electron chi connectivity index (χ1n) is 15.2. The van der Waals surface area contributed by atoms with Gasteiger partial charge in [-0.25, -0.2) is 0 Å². The van der Waals surface area contributed by atoms with Crippen molar-refractivity contribution in [3.63, 3.8) is 0 Å². The molecule has 2 aromatic carbocycles. The van der Waals surface area contributed by atoms with Crippen LogP contribution < -0.4 is 0 Å². The van der Waals surface area contributed by atoms with E-state index >= 15 is 0 Å². The summed E-state index contributed by atoms with van der Waals surface area (Å²) >= 11 is 0. The number of ether oxygens (including phenoxy) is 6. The predicted octanol–water partition coefficient (Wildman–Crippen LogP) is 1.59. The van der Waals surface area contributed by atoms with Gasteiger partial charge in [-0.1, -0.05) is 19.1 Å². The van der Waals surface area contributed by atoms with E-state index in [1.807, 2.05) is 0 Å². The zero-order valence-electron chi connectivity index (χ0n) is 27.0. The molecule has 49 heavy (non-hydrogen) atoms. The van der Waals surface area contributed by atoms with Gasteiger partial charge >= 0.3 is 23.9 Å². The molecule has 2 aromatic rings. The Morgan fingerprint density at radius 3 is 2.04 bits per heavy atom. The molecule has 16 heteroatoms. The molecule has 0 spiro atoms. The van der Waals surface area contributed by atoms with Gasteiger partial charge in [0.05, 0.1) is 42.1 Å². The number of phenols is 3. The molecule has 3 aliphatic rings. The summed E-state index contributed by atoms with van der Waals surface area (Å²) in [7, 11) is 1.03. The SMILES string of the molecule is CC[C@@]1(O)C[C@H](O[C@@H]2OC[C@H](OC(C)=O)[C@@H](OC(C)=O)[C@H]2OC(C)=O)c2c(O)c3c(c(O)c2[C@H]1C(=O)OC)C(=O)c1cccc(O)c1C3=O. The molecule has 2 aliphatic carbocycles. The molecule has 5 rings (SSSR count). The van der Waals surface area contributed by atoms with Gasteiger partial charge in [-0.3, -0.25) is 28.8 Å². The van der Waals surface area contributed by atoms with Gasteiger partial charge in [-0.15, -0.1) is 0 Å². The summed E-state index contributed by atoms with van der Waals surface area (Å²) in [6, 6.07) is 3.69. The van der Waals surface area contributed by atoms with Crippen LogP contribution in [-0.2, 0) is 47.6 Å². The Labute approximate surface area is 278 Å². The Hall–Kier alpha value is -5.06. The van der Waals surface area contributed by atoms with Crippen LogP contribution in [0.5, 0.6) is 17.2 Å². The van der Waals surface area contributed by atoms with Crippen LogP contribution in [0.1, 0.15) is 95.5 Å². The minimum atomic E-state index is -2.08. The van der Waals surface area contributed by atoms with E-state index in [9.17, 15) is 49.2 Å². The zero-order chi connectivity index (χ0) is 36.1. The van der Waals surface area contributed by atoms with E-state index < -0.39 is 136 Å². The van der Waals surface area contributed by atoms with Crippen LogP contribution in [0.4, 0.5) is 0 Å². The van der Waals surface area contributed by atoms with Gasteiger partial charge in [0.1, 0.15) is 23.2 Å². The second-order valence-electron chi connectivity index (χ2n) is 11.9. The van der Waals surface area contributed by atoms with Gasteiger partial charge in [0.25, 0.3) is 0 Å². The first-order valence-corrected chi connectivity index (χ1v) is 15.2. The second kappa shape index (κ2) is 13.1. The smallest absolute Gasteiger partial charge is 0.316 e. The average Bonchev–Trinajstić information content (AvgIpc) is 3.02. The maximum absolute atomic E-state index is 13.8. The molecule has 1 heterocycles. The molecule has 0 radical (unpaired) electrons. The van der Waals surface area contributed by atoms with Crippen LogP contribution in [0.3, 0.4) is 0 Å². The number of aromatic hydroxyl groups is 3. The van der Waals surface area contributed by atoms with Crippen molar-refractivity contribution in [3.8, 4) is 17.2 Å². The highest BCUT2D eigenvalue weighted by molar-refractivity contribution is 6.31. The van der Waals surface area contributed by atoms with E-state index in [1.165, 1.54) is 19.1 Å². The number of methoxy groups -OCH3 is 1. The topological polar surface area (TPSA) is 239 Å². The lowest BCUT2D eigenvalue weighted by atomic mass is 9.66. The molecule has 1 saturated heterocycles. The fourth-order valence-corrected chi connectivity index (χ4v) is 6.77. The summed E-state index contributed by atoms with van der Waals surface area (Å²) < 4.78 is 32.9. The number of fused-ring (bicyclic) bond motifs is 3. The van der Waals surface area contributed by atoms with Crippen molar-refractivity contribution in [1.82, 2.24) is 0 Å². The normalized spacial score (nSPS) is 27.2. The number of rotatable bonds is 7. The molecular weight excluding hydrogens is 652 g/mol. The van der Waals surface area contributed by atoms with Crippen molar-refractivity contribution in [3.05, 3.63) is 51.6 Å². The first kappa shape index (κ1) is 35.3. The van der Waals surface area contributed by atoms with Gasteiger partial charge in [-0.2, -0.15) is 0 Å². The highest BCUT2D eigenvalue weighted by Crippen LogP contribution is 2.57. The number of ketones is 2. The summed E-state index contributed by atoms with van der Waals surface area (Å²) in [5, 5.41) is 46.0. The van der Waals surface area contributed by atoms with E-state index in [-0.39, 0.29) is 12.0 Å². The van der Waals surface area contributed by atoms with Crippen molar-refractivity contribution in [2.24, 2.45) is 0 Å². The number of carbonyl (C=O) groups excluding carboxylic acids is 6. The summed E-state index contributed by atoms with van der Waals surface area (Å²) in [4.78, 5) is 76.9. The summed E-state index contributed by atoms with van der Waals surface area (Å²) in [6.07, 6.45) is -8.30. The first-order chi connectivity index (χ1) is 23.1. The van der Waals surface area contributed by atoms with E-state index in [1.54, 1.807) is 0 Å². The molecule has 16 nitrogen and oxygen atoms in total. The molecule has 0 bridgehead atoms. The lowest BCUT2D eigenvalue weighted by Crippen LogP contribution is -2.58. The zero-order valence-corrected chi connectivity index (χ0v) is 27.0. The monoisotopic (exact) mass is 686 g/mol. The van der Waals surface area contributed by atoms with Gasteiger partial charge < -0.3 is 48.8 Å². The van der Waals surface area contributed by atoms with Crippen molar-refractivity contribution in [1.29, 1.82) is 0 Å². The summed E-state index contributed by atoms with van der Waals surface area (Å²) in [5.41, 5.74) is -5.09. The predicted molar refractivity (Wildman–Crippen MR) is 160 cm³/mol. The largest absolute Gasteiger partial charge is 0.507 e. The molecule has 0 amide bonds. The number of aliphatic hydroxyl groups is 1. The highest BCUT2D eigenvalue weighted by Gasteiger charge is 2.56. The summed E-state index contributed by atoms with van der Waals surface area (Å²) in [6.45, 7) is 4.25. The van der Waals surface area contributed by atoms with Crippen molar-refractivity contribution >= 4 is 35.4 Å². The number of benzene rings is 2. The minimum Gasteiger partial charge on any atom is -0.507 e. The van der Waals surface area contributed by atoms with E-state index in [0.717, 1.165) is 33.9 Å². The van der Waals surface area contributed by atoms with Crippen LogP contribution in [0.2, 0.25) is 0 Å². The Morgan fingerprint density at radius 2 is 1.45 bits per heavy atom. The van der Waals surface area contributed by atoms with E-state index in [4.69, 9.17) is 28.4 Å². The van der Waals surface area contributed by atoms with Crippen LogP contribution in [-0.4, -0.2) is 99.8 Å². The maximum Gasteiger partial charge on any atom is 0.316 e. The number of esters is 4. The Kier molecular flexibility index (Phi) is 9.42. The number of hydrogen-bond donors (Lipinski definition) is 4. The fourth-order valence-electron chi connectivity index (χ4n) is 6.77. The number of hydrogen-bond acceptors (Lipinski definition) is 16. The van der Waals surface area contributed by atoms with Gasteiger partial charge in [0.2, 0.25) is 5.78 Å². The van der Waals surface area contributed by atoms with Crippen molar-refractivity contribution in [2.45, 2.75) is 82.8 Å². The Morgan fingerprint density at radius 1 is 0.857 bits per heavy atom. The lowest BCUT2D eigenvalue weighted by Gasteiger charge is -2.46. The molecule has 7 atom stereocenters. The third-order valence-electron chi connectivity index (χ3n) is 8.83. The fraction of sp³-hybridized carbons (Fsp3) is 0.455. The van der Waals surface area contributed by atoms with Crippen LogP contribution in [0.15, 0.2) is 18.2 Å². The Bertz CT molecular complexity index is 1760. The van der Waals surface area contributed by atoms with Gasteiger partial charge in [0.15, 0.2) is 30.4 Å². The van der Waals surface area contributed by atoms with Crippen molar-refractivity contribution in [2.75, 3.05) is 13.7 Å². The molecule has 1 fully saturated rings. The molecular formula is C33H34O16. The van der Waals surface area contributed by atoms with Gasteiger partial charge in [0, 0.05) is 43.9 Å². The third kappa shape index (κ3) is 5.95. The average molecular weight is 687 g/mol. The van der Waals surface area contributed by atoms with Crippen LogP contribution in [0.25, 0.3) is 0 Å². The molecule has 0 unspecified atom stereocenters. The van der Waals surface area contributed by atoms with E-state index in [2.05, 4.69) is 0 Å². The second-order valence-corrected chi connectivity index (χ2v) is 11.9. The number of carbonyl (C=O) groups is 6. The lowest BCUT2D eigenvalue weighted by molar-refractivity contribution is -0.296. The summed E-state index contributed by atoms with van der Waals surface area (Å²) in [5.74, 6) is -9.70. The minimum absolute atomic E-state index is 0.170. The van der Waals surface area contributed by atoms with Crippen molar-refractivity contribution < 1.29 is 77.6 Å². The van der Waals surface area contributed by atoms with E-state index in [0.29, 0.717) is 0 Å². The highest BCUT2D eigenvalue weighted by atomic mass is 16.7. The molecule has 4 N–H and O–H groups in total. The molecule has 0 saturated carbocycles. The standard InChI is InChI=1S/C33H34O16/c1-6-33(43)10-17(49-32-30(48-14(4)36)29(47-13(3)35)18(11-45-32)46-12(2)34)20-21(24(33)31(42)44-5)28(41)22-23(27(20)40)26(39)19-15(25(22)38)8-7-9-16(19)37/h7-9,17-18,24,29-30,32,37,40-41,43H,6,10-11H2,1-5H3/t17-,18-,24-,29+,30+,32-,33+/m0/s1. The Balaban J connectivity index is 1.72.